The van der Waals surface area contributed by atoms with Gasteiger partial charge in [-0.05, 0) is 18.9 Å². The van der Waals surface area contributed by atoms with E-state index >= 15 is 0 Å². The minimum Gasteiger partial charge on any atom is -0.382 e. The number of hydrogen-bond donors (Lipinski definition) is 1. The average Bonchev–Trinajstić information content (AvgIpc) is 3.21. The molecular formula is C23H37N5O3. The molecule has 0 aromatic heterocycles. The number of fused-ring (bicyclic) bond motifs is 1. The Hall–Kier alpha value is -2.16. The fraction of sp³-hybridized carbons (Fsp3) is 0.652. The maximum atomic E-state index is 12.1. The van der Waals surface area contributed by atoms with Crippen molar-refractivity contribution in [1.29, 1.82) is 0 Å². The summed E-state index contributed by atoms with van der Waals surface area (Å²) in [5.74, 6) is 0.775. The Labute approximate surface area is 186 Å². The highest BCUT2D eigenvalue weighted by molar-refractivity contribution is 5.85. The van der Waals surface area contributed by atoms with Crippen LogP contribution in [0.5, 0.6) is 0 Å². The molecule has 0 bridgehead atoms. The number of ether oxygens (including phenoxy) is 2. The first-order chi connectivity index (χ1) is 15.1. The first-order valence-electron chi connectivity index (χ1n) is 11.3. The molecule has 2 heterocycles. The number of amides is 1. The maximum absolute atomic E-state index is 12.1. The van der Waals surface area contributed by atoms with E-state index in [9.17, 15) is 4.79 Å². The number of nitrogens with zero attached hydrogens (tertiary/aromatic N) is 4. The second kappa shape index (κ2) is 12.0. The SMILES string of the molecule is CCOCCCNC(=NCC(=O)N(C)C)N1CC2OCCN(Cc3ccccc3)C2C1. The average molecular weight is 432 g/mol. The van der Waals surface area contributed by atoms with Gasteiger partial charge >= 0.3 is 0 Å². The van der Waals surface area contributed by atoms with Gasteiger partial charge in [-0.25, -0.2) is 4.99 Å². The Morgan fingerprint density at radius 2 is 2.10 bits per heavy atom. The van der Waals surface area contributed by atoms with Crippen LogP contribution < -0.4 is 5.32 Å². The molecule has 2 atom stereocenters. The van der Waals surface area contributed by atoms with Gasteiger partial charge in [-0.3, -0.25) is 9.69 Å². The Morgan fingerprint density at radius 3 is 2.84 bits per heavy atom. The molecule has 1 aromatic carbocycles. The molecule has 172 valence electrons. The lowest BCUT2D eigenvalue weighted by Gasteiger charge is -2.36. The van der Waals surface area contributed by atoms with Crippen LogP contribution in [0.25, 0.3) is 0 Å². The second-order valence-corrected chi connectivity index (χ2v) is 8.24. The minimum absolute atomic E-state index is 0.00724. The van der Waals surface area contributed by atoms with Crippen LogP contribution in [-0.4, -0.2) is 105 Å². The zero-order chi connectivity index (χ0) is 22.1. The molecule has 0 spiro atoms. The van der Waals surface area contributed by atoms with Gasteiger partial charge in [0.1, 0.15) is 6.54 Å². The fourth-order valence-electron chi connectivity index (χ4n) is 4.02. The molecule has 8 heteroatoms. The van der Waals surface area contributed by atoms with Gasteiger partial charge in [0, 0.05) is 60.0 Å². The van der Waals surface area contributed by atoms with Crippen molar-refractivity contribution in [1.82, 2.24) is 20.0 Å². The number of aliphatic imine (C=N–C) groups is 1. The summed E-state index contributed by atoms with van der Waals surface area (Å²) in [6, 6.07) is 10.9. The van der Waals surface area contributed by atoms with Gasteiger partial charge in [-0.15, -0.1) is 0 Å². The number of likely N-dealkylation sites (N-methyl/N-ethyl adjacent to an activating group) is 1. The van der Waals surface area contributed by atoms with Crippen LogP contribution in [0.4, 0.5) is 0 Å². The van der Waals surface area contributed by atoms with E-state index in [1.54, 1.807) is 19.0 Å². The number of likely N-dealkylation sites (tertiary alicyclic amines) is 1. The quantitative estimate of drug-likeness (QED) is 0.358. The molecule has 8 nitrogen and oxygen atoms in total. The highest BCUT2D eigenvalue weighted by Crippen LogP contribution is 2.24. The van der Waals surface area contributed by atoms with E-state index in [4.69, 9.17) is 9.47 Å². The van der Waals surface area contributed by atoms with E-state index in [1.807, 2.05) is 6.92 Å². The third-order valence-electron chi connectivity index (χ3n) is 5.76. The van der Waals surface area contributed by atoms with Crippen molar-refractivity contribution in [3.8, 4) is 0 Å². The number of carbonyl (C=O) groups excluding carboxylic acids is 1. The summed E-state index contributed by atoms with van der Waals surface area (Å²) in [6.07, 6.45) is 1.05. The van der Waals surface area contributed by atoms with Gasteiger partial charge in [-0.2, -0.15) is 0 Å². The molecule has 2 fully saturated rings. The lowest BCUT2D eigenvalue weighted by Crippen LogP contribution is -2.50. The van der Waals surface area contributed by atoms with Crippen LogP contribution in [0.1, 0.15) is 18.9 Å². The summed E-state index contributed by atoms with van der Waals surface area (Å²) in [5, 5.41) is 3.44. The molecule has 0 aliphatic carbocycles. The number of hydrogen-bond acceptors (Lipinski definition) is 5. The molecule has 3 rings (SSSR count). The summed E-state index contributed by atoms with van der Waals surface area (Å²) in [4.78, 5) is 23.1. The Balaban J connectivity index is 1.64. The summed E-state index contributed by atoms with van der Waals surface area (Å²) in [5.41, 5.74) is 1.32. The van der Waals surface area contributed by atoms with Gasteiger partial charge in [0.15, 0.2) is 5.96 Å². The summed E-state index contributed by atoms with van der Waals surface area (Å²) < 4.78 is 11.5. The zero-order valence-corrected chi connectivity index (χ0v) is 19.1. The number of guanidine groups is 1. The minimum atomic E-state index is -0.00724. The van der Waals surface area contributed by atoms with Gasteiger partial charge in [0.2, 0.25) is 5.91 Å². The number of benzene rings is 1. The van der Waals surface area contributed by atoms with Crippen molar-refractivity contribution in [3.63, 3.8) is 0 Å². The van der Waals surface area contributed by atoms with Crippen molar-refractivity contribution in [2.45, 2.75) is 32.0 Å². The van der Waals surface area contributed by atoms with Crippen LogP contribution in [-0.2, 0) is 20.8 Å². The van der Waals surface area contributed by atoms with Crippen molar-refractivity contribution in [2.75, 3.05) is 66.6 Å². The van der Waals surface area contributed by atoms with Gasteiger partial charge < -0.3 is 24.6 Å². The number of carbonyl (C=O) groups is 1. The molecular weight excluding hydrogens is 394 g/mol. The van der Waals surface area contributed by atoms with E-state index in [-0.39, 0.29) is 18.6 Å². The van der Waals surface area contributed by atoms with Crippen molar-refractivity contribution >= 4 is 11.9 Å². The highest BCUT2D eigenvalue weighted by Gasteiger charge is 2.41. The molecule has 1 amide bonds. The summed E-state index contributed by atoms with van der Waals surface area (Å²) >= 11 is 0. The molecule has 1 N–H and O–H groups in total. The van der Waals surface area contributed by atoms with E-state index in [1.165, 1.54) is 5.56 Å². The lowest BCUT2D eigenvalue weighted by molar-refractivity contribution is -0.127. The molecule has 31 heavy (non-hydrogen) atoms. The van der Waals surface area contributed by atoms with Crippen LogP contribution in [0.2, 0.25) is 0 Å². The predicted molar refractivity (Wildman–Crippen MR) is 122 cm³/mol. The van der Waals surface area contributed by atoms with Crippen LogP contribution in [0.15, 0.2) is 35.3 Å². The highest BCUT2D eigenvalue weighted by atomic mass is 16.5. The Morgan fingerprint density at radius 1 is 1.29 bits per heavy atom. The van der Waals surface area contributed by atoms with Crippen molar-refractivity contribution < 1.29 is 14.3 Å². The monoisotopic (exact) mass is 431 g/mol. The molecule has 2 aliphatic heterocycles. The summed E-state index contributed by atoms with van der Waals surface area (Å²) in [6.45, 7) is 8.55. The molecule has 2 unspecified atom stereocenters. The molecule has 0 radical (unpaired) electrons. The standard InChI is InChI=1S/C23H37N5O3/c1-4-30-13-8-11-24-23(25-15-22(29)26(2)3)28-17-20-21(18-28)31-14-12-27(20)16-19-9-6-5-7-10-19/h5-7,9-10,20-21H,4,8,11-18H2,1-3H3,(H,24,25). The van der Waals surface area contributed by atoms with E-state index in [0.29, 0.717) is 12.6 Å². The largest absolute Gasteiger partial charge is 0.382 e. The van der Waals surface area contributed by atoms with Crippen molar-refractivity contribution in [2.24, 2.45) is 4.99 Å². The van der Waals surface area contributed by atoms with Gasteiger partial charge in [-0.1, -0.05) is 30.3 Å². The topological polar surface area (TPSA) is 69.6 Å². The summed E-state index contributed by atoms with van der Waals surface area (Å²) in [7, 11) is 3.51. The number of rotatable bonds is 9. The molecule has 1 aromatic rings. The smallest absolute Gasteiger partial charge is 0.243 e. The molecule has 2 aliphatic rings. The van der Waals surface area contributed by atoms with Crippen LogP contribution in [0.3, 0.4) is 0 Å². The second-order valence-electron chi connectivity index (χ2n) is 8.24. The fourth-order valence-corrected chi connectivity index (χ4v) is 4.02. The number of nitrogens with one attached hydrogen (secondary N) is 1. The third kappa shape index (κ3) is 6.92. The first kappa shape index (κ1) is 23.5. The zero-order valence-electron chi connectivity index (χ0n) is 19.1. The van der Waals surface area contributed by atoms with Crippen molar-refractivity contribution in [3.05, 3.63) is 35.9 Å². The molecule has 2 saturated heterocycles. The van der Waals surface area contributed by atoms with E-state index < -0.39 is 0 Å². The third-order valence-corrected chi connectivity index (χ3v) is 5.76. The Bertz CT molecular complexity index is 712. The number of morpholine rings is 1. The first-order valence-corrected chi connectivity index (χ1v) is 11.3. The molecule has 0 saturated carbocycles. The maximum Gasteiger partial charge on any atom is 0.243 e. The van der Waals surface area contributed by atoms with E-state index in [0.717, 1.165) is 58.3 Å². The van der Waals surface area contributed by atoms with Crippen LogP contribution >= 0.6 is 0 Å². The predicted octanol–water partition coefficient (Wildman–Crippen LogP) is 1.03. The lowest BCUT2D eigenvalue weighted by atomic mass is 10.1. The normalized spacial score (nSPS) is 21.8. The van der Waals surface area contributed by atoms with Gasteiger partial charge in [0.25, 0.3) is 0 Å². The van der Waals surface area contributed by atoms with Crippen LogP contribution in [0, 0.1) is 0 Å². The van der Waals surface area contributed by atoms with Gasteiger partial charge in [0.05, 0.1) is 18.8 Å². The van der Waals surface area contributed by atoms with E-state index in [2.05, 4.69) is 50.4 Å². The Kier molecular flexibility index (Phi) is 9.12.